The van der Waals surface area contributed by atoms with Crippen LogP contribution in [-0.2, 0) is 5.60 Å². The minimum Gasteiger partial charge on any atom is -0.383 e. The predicted octanol–water partition coefficient (Wildman–Crippen LogP) is 4.04. The van der Waals surface area contributed by atoms with Gasteiger partial charge in [0.15, 0.2) is 5.82 Å². The van der Waals surface area contributed by atoms with Crippen molar-refractivity contribution in [2.45, 2.75) is 79.9 Å². The van der Waals surface area contributed by atoms with Gasteiger partial charge in [0.2, 0.25) is 0 Å². The number of piperidine rings is 1. The minimum atomic E-state index is -0.886. The second-order valence-corrected chi connectivity index (χ2v) is 12.0. The fraction of sp³-hybridized carbons (Fsp3) is 0.625. The third kappa shape index (κ3) is 3.52. The number of aromatic nitrogens is 3. The molecule has 7 nitrogen and oxygen atoms in total. The number of rotatable bonds is 4. The van der Waals surface area contributed by atoms with Gasteiger partial charge in [0.1, 0.15) is 22.1 Å². The SMILES string of the molecule is Cc1nc(N2CCC3(CC2)CCC2(CC2)[C@H]3N)c(C2(O)CC2)nc1Sc1ccnc(N)c1Cl. The lowest BCUT2D eigenvalue weighted by Gasteiger charge is -2.44. The summed E-state index contributed by atoms with van der Waals surface area (Å²) in [5.41, 5.74) is 14.0. The van der Waals surface area contributed by atoms with Crippen molar-refractivity contribution >= 4 is 35.0 Å². The number of nitrogens with two attached hydrogens (primary N) is 2. The van der Waals surface area contributed by atoms with E-state index in [1.807, 2.05) is 13.0 Å². The molecular formula is C24H31ClN6OS. The van der Waals surface area contributed by atoms with Gasteiger partial charge in [-0.3, -0.25) is 0 Å². The standard InChI is InChI=1S/C24H31ClN6OS/c1-14-20(33-15-2-11-28-18(26)16(15)25)30-17(24(32)7-8-24)19(29-14)31-12-9-23(10-13-31)6-5-22(3-4-22)21(23)27/h2,11,21,32H,3-10,12-13,27H2,1H3,(H2,26,28)/t21-/m1/s1. The van der Waals surface area contributed by atoms with Gasteiger partial charge in [-0.2, -0.15) is 0 Å². The van der Waals surface area contributed by atoms with Crippen LogP contribution in [0.4, 0.5) is 11.6 Å². The number of nitrogens with zero attached hydrogens (tertiary/aromatic N) is 4. The molecule has 33 heavy (non-hydrogen) atoms. The summed E-state index contributed by atoms with van der Waals surface area (Å²) in [6.07, 6.45) is 10.4. The molecule has 0 radical (unpaired) electrons. The third-order valence-electron chi connectivity index (χ3n) is 8.65. The van der Waals surface area contributed by atoms with Crippen LogP contribution in [0.2, 0.25) is 5.02 Å². The minimum absolute atomic E-state index is 0.278. The Balaban J connectivity index is 1.28. The van der Waals surface area contributed by atoms with Gasteiger partial charge >= 0.3 is 0 Å². The molecule has 0 unspecified atom stereocenters. The highest BCUT2D eigenvalue weighted by molar-refractivity contribution is 7.99. The van der Waals surface area contributed by atoms with Crippen LogP contribution in [0.25, 0.3) is 0 Å². The smallest absolute Gasteiger partial charge is 0.153 e. The van der Waals surface area contributed by atoms with Gasteiger partial charge < -0.3 is 21.5 Å². The van der Waals surface area contributed by atoms with Gasteiger partial charge in [-0.05, 0) is 75.2 Å². The molecule has 4 aliphatic rings. The maximum Gasteiger partial charge on any atom is 0.153 e. The summed E-state index contributed by atoms with van der Waals surface area (Å²) in [7, 11) is 0. The third-order valence-corrected chi connectivity index (χ3v) is 10.3. The Labute approximate surface area is 203 Å². The highest BCUT2D eigenvalue weighted by atomic mass is 35.5. The number of nitrogen functional groups attached to an aromatic ring is 1. The molecule has 5 N–H and O–H groups in total. The van der Waals surface area contributed by atoms with Crippen molar-refractivity contribution in [3.05, 3.63) is 28.7 Å². The number of anilines is 2. The van der Waals surface area contributed by atoms with E-state index in [0.29, 0.717) is 28.0 Å². The average molecular weight is 487 g/mol. The lowest BCUT2D eigenvalue weighted by molar-refractivity contribution is 0.144. The molecule has 0 aromatic carbocycles. The molecule has 0 amide bonds. The van der Waals surface area contributed by atoms with Gasteiger partial charge in [0.25, 0.3) is 0 Å². The van der Waals surface area contributed by atoms with Crippen LogP contribution in [0.1, 0.15) is 62.8 Å². The molecule has 6 rings (SSSR count). The van der Waals surface area contributed by atoms with E-state index in [1.54, 1.807) is 6.20 Å². The number of hydrogen-bond acceptors (Lipinski definition) is 8. The molecule has 3 heterocycles. The van der Waals surface area contributed by atoms with Crippen LogP contribution in [0.15, 0.2) is 22.2 Å². The molecule has 1 atom stereocenters. The van der Waals surface area contributed by atoms with E-state index in [0.717, 1.165) is 60.2 Å². The molecule has 2 aromatic heterocycles. The molecule has 1 aliphatic heterocycles. The van der Waals surface area contributed by atoms with Gasteiger partial charge in [0, 0.05) is 30.2 Å². The highest BCUT2D eigenvalue weighted by Crippen LogP contribution is 2.65. The molecule has 2 spiro atoms. The topological polar surface area (TPSA) is 114 Å². The second kappa shape index (κ2) is 7.44. The molecule has 176 valence electrons. The zero-order chi connectivity index (χ0) is 23.0. The Hall–Kier alpha value is -1.61. The van der Waals surface area contributed by atoms with Crippen molar-refractivity contribution in [1.29, 1.82) is 0 Å². The fourth-order valence-corrected chi connectivity index (χ4v) is 7.09. The quantitative estimate of drug-likeness (QED) is 0.593. The highest BCUT2D eigenvalue weighted by Gasteiger charge is 2.61. The van der Waals surface area contributed by atoms with Gasteiger partial charge in [-0.25, -0.2) is 15.0 Å². The van der Waals surface area contributed by atoms with E-state index in [4.69, 9.17) is 33.0 Å². The summed E-state index contributed by atoms with van der Waals surface area (Å²) >= 11 is 7.78. The van der Waals surface area contributed by atoms with Crippen LogP contribution < -0.4 is 16.4 Å². The van der Waals surface area contributed by atoms with E-state index in [9.17, 15) is 5.11 Å². The van der Waals surface area contributed by atoms with E-state index < -0.39 is 5.60 Å². The predicted molar refractivity (Wildman–Crippen MR) is 130 cm³/mol. The van der Waals surface area contributed by atoms with E-state index in [1.165, 1.54) is 37.4 Å². The number of pyridine rings is 1. The van der Waals surface area contributed by atoms with Crippen molar-refractivity contribution in [1.82, 2.24) is 15.0 Å². The Morgan fingerprint density at radius 3 is 2.33 bits per heavy atom. The summed E-state index contributed by atoms with van der Waals surface area (Å²) in [6.45, 7) is 3.80. The summed E-state index contributed by atoms with van der Waals surface area (Å²) in [5, 5.41) is 12.3. The van der Waals surface area contributed by atoms with Crippen molar-refractivity contribution < 1.29 is 5.11 Å². The van der Waals surface area contributed by atoms with Crippen LogP contribution in [0.3, 0.4) is 0 Å². The average Bonchev–Trinajstić information content (AvgIpc) is 3.73. The van der Waals surface area contributed by atoms with E-state index in [2.05, 4.69) is 9.88 Å². The normalized spacial score (nSPS) is 26.2. The maximum atomic E-state index is 11.1. The van der Waals surface area contributed by atoms with Crippen molar-refractivity contribution in [3.63, 3.8) is 0 Å². The maximum absolute atomic E-state index is 11.1. The molecule has 3 aliphatic carbocycles. The molecule has 4 fully saturated rings. The Kier molecular flexibility index (Phi) is 4.94. The Bertz CT molecular complexity index is 1110. The first-order valence-corrected chi connectivity index (χ1v) is 13.1. The van der Waals surface area contributed by atoms with Gasteiger partial charge in [-0.1, -0.05) is 23.4 Å². The lowest BCUT2D eigenvalue weighted by atomic mass is 9.72. The van der Waals surface area contributed by atoms with Gasteiger partial charge in [-0.15, -0.1) is 0 Å². The molecular weight excluding hydrogens is 456 g/mol. The monoisotopic (exact) mass is 486 g/mol. The lowest BCUT2D eigenvalue weighted by Crippen LogP contribution is -2.49. The summed E-state index contributed by atoms with van der Waals surface area (Å²) < 4.78 is 0. The summed E-state index contributed by atoms with van der Waals surface area (Å²) in [4.78, 5) is 17.1. The summed E-state index contributed by atoms with van der Waals surface area (Å²) in [5.74, 6) is 1.13. The van der Waals surface area contributed by atoms with Crippen molar-refractivity contribution in [3.8, 4) is 0 Å². The molecule has 3 saturated carbocycles. The fourth-order valence-electron chi connectivity index (χ4n) is 6.01. The zero-order valence-electron chi connectivity index (χ0n) is 19.0. The number of halogens is 1. The Morgan fingerprint density at radius 2 is 1.70 bits per heavy atom. The molecule has 0 bridgehead atoms. The van der Waals surface area contributed by atoms with E-state index >= 15 is 0 Å². The number of hydrogen-bond donors (Lipinski definition) is 3. The molecule has 9 heteroatoms. The zero-order valence-corrected chi connectivity index (χ0v) is 20.6. The van der Waals surface area contributed by atoms with Gasteiger partial charge in [0.05, 0.1) is 10.7 Å². The van der Waals surface area contributed by atoms with Crippen LogP contribution in [0.5, 0.6) is 0 Å². The first kappa shape index (κ1) is 21.9. The molecule has 1 saturated heterocycles. The largest absolute Gasteiger partial charge is 0.383 e. The van der Waals surface area contributed by atoms with Crippen LogP contribution in [-0.4, -0.2) is 39.2 Å². The van der Waals surface area contributed by atoms with Crippen molar-refractivity contribution in [2.24, 2.45) is 16.6 Å². The molecule has 2 aromatic rings. The number of aliphatic hydroxyl groups is 1. The van der Waals surface area contributed by atoms with Crippen LogP contribution >= 0.6 is 23.4 Å². The Morgan fingerprint density at radius 1 is 1.06 bits per heavy atom. The number of aryl methyl sites for hydroxylation is 1. The summed E-state index contributed by atoms with van der Waals surface area (Å²) in [6, 6.07) is 2.16. The first-order valence-electron chi connectivity index (χ1n) is 12.0. The second-order valence-electron chi connectivity index (χ2n) is 10.6. The van der Waals surface area contributed by atoms with Crippen molar-refractivity contribution in [2.75, 3.05) is 23.7 Å². The first-order chi connectivity index (χ1) is 15.8. The van der Waals surface area contributed by atoms with Crippen LogP contribution in [0, 0.1) is 17.8 Å². The van der Waals surface area contributed by atoms with E-state index in [-0.39, 0.29) is 5.41 Å².